The van der Waals surface area contributed by atoms with Gasteiger partial charge in [0, 0.05) is 5.56 Å². The van der Waals surface area contributed by atoms with Crippen molar-refractivity contribution in [1.82, 2.24) is 0 Å². The van der Waals surface area contributed by atoms with Gasteiger partial charge >= 0.3 is 0 Å². The predicted octanol–water partition coefficient (Wildman–Crippen LogP) is 6.11. The van der Waals surface area contributed by atoms with Crippen LogP contribution < -0.4 is 23.7 Å². The first-order valence-electron chi connectivity index (χ1n) is 10.5. The van der Waals surface area contributed by atoms with Gasteiger partial charge in [0.25, 0.3) is 0 Å². The van der Waals surface area contributed by atoms with Crippen LogP contribution in [0.25, 0.3) is 22.3 Å². The number of hydrogen-bond acceptors (Lipinski definition) is 6. The van der Waals surface area contributed by atoms with Crippen molar-refractivity contribution < 1.29 is 28.8 Å². The van der Waals surface area contributed by atoms with Crippen LogP contribution in [0.2, 0.25) is 0 Å². The lowest BCUT2D eigenvalue weighted by molar-refractivity contribution is 0.335. The number of methoxy groups -OCH3 is 4. The third kappa shape index (κ3) is 5.17. The molecule has 0 saturated heterocycles. The highest BCUT2D eigenvalue weighted by atomic mass is 16.5. The zero-order chi connectivity index (χ0) is 24.0. The molecular formula is C27H30O6. The average Bonchev–Trinajstić information content (AvgIpc) is 2.83. The molecule has 0 saturated carbocycles. The minimum absolute atomic E-state index is 0.0250. The second-order valence-electron chi connectivity index (χ2n) is 7.57. The van der Waals surface area contributed by atoms with Gasteiger partial charge in [0.15, 0.2) is 23.0 Å². The van der Waals surface area contributed by atoms with Crippen molar-refractivity contribution in [3.05, 3.63) is 60.2 Å². The van der Waals surface area contributed by atoms with E-state index in [1.165, 1.54) is 0 Å². The largest absolute Gasteiger partial charge is 0.504 e. The molecule has 0 heterocycles. The van der Waals surface area contributed by atoms with Crippen LogP contribution >= 0.6 is 0 Å². The molecule has 0 aliphatic heterocycles. The van der Waals surface area contributed by atoms with Crippen molar-refractivity contribution in [1.29, 1.82) is 0 Å². The van der Waals surface area contributed by atoms with Gasteiger partial charge in [-0.2, -0.15) is 0 Å². The molecule has 1 N–H and O–H groups in total. The first-order valence-corrected chi connectivity index (χ1v) is 10.5. The second kappa shape index (κ2) is 10.7. The lowest BCUT2D eigenvalue weighted by atomic mass is 9.96. The van der Waals surface area contributed by atoms with Gasteiger partial charge in [0.1, 0.15) is 18.1 Å². The highest BCUT2D eigenvalue weighted by molar-refractivity contribution is 5.88. The summed E-state index contributed by atoms with van der Waals surface area (Å²) in [6.45, 7) is 4.37. The summed E-state index contributed by atoms with van der Waals surface area (Å²) < 4.78 is 28.2. The summed E-state index contributed by atoms with van der Waals surface area (Å²) in [4.78, 5) is 0. The number of benzene rings is 3. The maximum Gasteiger partial charge on any atom is 0.172 e. The lowest BCUT2D eigenvalue weighted by Crippen LogP contribution is -2.00. The van der Waals surface area contributed by atoms with E-state index < -0.39 is 0 Å². The Morgan fingerprint density at radius 3 is 1.97 bits per heavy atom. The summed E-state index contributed by atoms with van der Waals surface area (Å²) >= 11 is 0. The summed E-state index contributed by atoms with van der Waals surface area (Å²) in [6, 6.07) is 14.8. The highest BCUT2D eigenvalue weighted by Crippen LogP contribution is 2.51. The maximum atomic E-state index is 10.6. The normalized spacial score (nSPS) is 10.4. The molecule has 0 bridgehead atoms. The van der Waals surface area contributed by atoms with Crippen molar-refractivity contribution in [2.45, 2.75) is 13.8 Å². The summed E-state index contributed by atoms with van der Waals surface area (Å²) in [5.74, 6) is 2.82. The van der Waals surface area contributed by atoms with E-state index in [-0.39, 0.29) is 5.75 Å². The van der Waals surface area contributed by atoms with Gasteiger partial charge in [-0.1, -0.05) is 23.8 Å². The van der Waals surface area contributed by atoms with Crippen LogP contribution in [0.5, 0.6) is 34.5 Å². The first kappa shape index (κ1) is 23.9. The van der Waals surface area contributed by atoms with E-state index in [1.807, 2.05) is 56.3 Å². The molecule has 0 fully saturated rings. The first-order chi connectivity index (χ1) is 15.9. The van der Waals surface area contributed by atoms with E-state index >= 15 is 0 Å². The van der Waals surface area contributed by atoms with Gasteiger partial charge in [-0.3, -0.25) is 0 Å². The Morgan fingerprint density at radius 2 is 1.42 bits per heavy atom. The predicted molar refractivity (Wildman–Crippen MR) is 130 cm³/mol. The molecule has 0 aromatic heterocycles. The summed E-state index contributed by atoms with van der Waals surface area (Å²) in [7, 11) is 6.40. The molecule has 3 aromatic rings. The molecule has 3 rings (SSSR count). The van der Waals surface area contributed by atoms with Crippen molar-refractivity contribution in [2.24, 2.45) is 0 Å². The van der Waals surface area contributed by atoms with E-state index in [1.54, 1.807) is 40.6 Å². The molecular weight excluding hydrogens is 420 g/mol. The smallest absolute Gasteiger partial charge is 0.172 e. The molecule has 174 valence electrons. The SMILES string of the molecule is COc1ccc(-c2cc(OC)c(-c3ccc(OCC=C(C)C)c(O)c3)c(OC)c2OC)cc1. The number of phenols is 1. The number of ether oxygens (including phenoxy) is 5. The fourth-order valence-electron chi connectivity index (χ4n) is 3.53. The minimum Gasteiger partial charge on any atom is -0.504 e. The topological polar surface area (TPSA) is 66.4 Å². The molecule has 6 heteroatoms. The van der Waals surface area contributed by atoms with Crippen LogP contribution in [-0.4, -0.2) is 40.2 Å². The van der Waals surface area contributed by atoms with Crippen LogP contribution in [0, 0.1) is 0 Å². The molecule has 0 aliphatic rings. The highest BCUT2D eigenvalue weighted by Gasteiger charge is 2.23. The molecule has 0 radical (unpaired) electrons. The van der Waals surface area contributed by atoms with Crippen molar-refractivity contribution in [3.8, 4) is 56.8 Å². The van der Waals surface area contributed by atoms with Gasteiger partial charge in [-0.15, -0.1) is 0 Å². The van der Waals surface area contributed by atoms with Crippen LogP contribution in [-0.2, 0) is 0 Å². The second-order valence-corrected chi connectivity index (χ2v) is 7.57. The van der Waals surface area contributed by atoms with E-state index in [9.17, 15) is 5.11 Å². The van der Waals surface area contributed by atoms with E-state index in [2.05, 4.69) is 0 Å². The molecule has 3 aromatic carbocycles. The number of rotatable bonds is 9. The lowest BCUT2D eigenvalue weighted by Gasteiger charge is -2.20. The van der Waals surface area contributed by atoms with Crippen molar-refractivity contribution in [3.63, 3.8) is 0 Å². The Hall–Kier alpha value is -3.80. The third-order valence-electron chi connectivity index (χ3n) is 5.21. The van der Waals surface area contributed by atoms with Gasteiger partial charge < -0.3 is 28.8 Å². The fourth-order valence-corrected chi connectivity index (χ4v) is 3.53. The Labute approximate surface area is 195 Å². The molecule has 0 unspecified atom stereocenters. The van der Waals surface area contributed by atoms with Crippen LogP contribution in [0.4, 0.5) is 0 Å². The standard InChI is InChI=1S/C27H30O6/c1-17(2)13-14-33-23-12-9-19(15-22(23)28)25-24(30-4)16-21(26(31-5)27(25)32-6)18-7-10-20(29-3)11-8-18/h7-13,15-16,28H,14H2,1-6H3. The molecule has 0 aliphatic carbocycles. The van der Waals surface area contributed by atoms with E-state index in [0.717, 1.165) is 22.4 Å². The minimum atomic E-state index is 0.0250. The Bertz CT molecular complexity index is 1130. The monoisotopic (exact) mass is 450 g/mol. The van der Waals surface area contributed by atoms with E-state index in [4.69, 9.17) is 23.7 Å². The summed E-state index contributed by atoms with van der Waals surface area (Å²) in [5, 5.41) is 10.6. The zero-order valence-corrected chi connectivity index (χ0v) is 19.9. The summed E-state index contributed by atoms with van der Waals surface area (Å²) in [6.07, 6.45) is 1.95. The van der Waals surface area contributed by atoms with Crippen molar-refractivity contribution in [2.75, 3.05) is 35.0 Å². The number of allylic oxidation sites excluding steroid dienone is 1. The molecule has 33 heavy (non-hydrogen) atoms. The van der Waals surface area contributed by atoms with Crippen LogP contribution in [0.1, 0.15) is 13.8 Å². The summed E-state index contributed by atoms with van der Waals surface area (Å²) in [5.41, 5.74) is 4.24. The zero-order valence-electron chi connectivity index (χ0n) is 19.9. The van der Waals surface area contributed by atoms with Crippen LogP contribution in [0.15, 0.2) is 60.2 Å². The van der Waals surface area contributed by atoms with Gasteiger partial charge in [-0.05, 0) is 61.4 Å². The number of hydrogen-bond donors (Lipinski definition) is 1. The molecule has 0 spiro atoms. The van der Waals surface area contributed by atoms with Crippen LogP contribution in [0.3, 0.4) is 0 Å². The molecule has 0 atom stereocenters. The fraction of sp³-hybridized carbons (Fsp3) is 0.259. The quantitative estimate of drug-likeness (QED) is 0.397. The maximum absolute atomic E-state index is 10.6. The van der Waals surface area contributed by atoms with E-state index in [0.29, 0.717) is 40.7 Å². The van der Waals surface area contributed by atoms with Gasteiger partial charge in [-0.25, -0.2) is 0 Å². The average molecular weight is 451 g/mol. The Morgan fingerprint density at radius 1 is 0.758 bits per heavy atom. The molecule has 0 amide bonds. The van der Waals surface area contributed by atoms with Crippen molar-refractivity contribution >= 4 is 0 Å². The number of phenolic OH excluding ortho intramolecular Hbond substituents is 1. The number of aromatic hydroxyl groups is 1. The molecule has 6 nitrogen and oxygen atoms in total. The Kier molecular flexibility index (Phi) is 7.72. The van der Waals surface area contributed by atoms with Gasteiger partial charge in [0.05, 0.1) is 34.0 Å². The Balaban J connectivity index is 2.12. The van der Waals surface area contributed by atoms with Gasteiger partial charge in [0.2, 0.25) is 0 Å². The third-order valence-corrected chi connectivity index (χ3v) is 5.21.